The van der Waals surface area contributed by atoms with Crippen molar-refractivity contribution >= 4 is 77.5 Å². The molecule has 1 aliphatic carbocycles. The van der Waals surface area contributed by atoms with E-state index in [9.17, 15) is 0 Å². The number of rotatable bonds is 0. The number of aryl methyl sites for hydroxylation is 1. The Morgan fingerprint density at radius 2 is 1.10 bits per heavy atom. The second kappa shape index (κ2) is 9.09. The van der Waals surface area contributed by atoms with Crippen molar-refractivity contribution in [3.05, 3.63) is 126 Å². The first-order valence-electron chi connectivity index (χ1n) is 18.9. The highest BCUT2D eigenvalue weighted by Gasteiger charge is 2.43. The molecule has 7 aromatic carbocycles. The molecule has 0 unspecified atom stereocenters. The first kappa shape index (κ1) is 29.1. The maximum atomic E-state index is 2.65. The Morgan fingerprint density at radius 1 is 0.481 bits per heavy atom. The maximum absolute atomic E-state index is 2.65. The molecule has 0 spiro atoms. The lowest BCUT2D eigenvalue weighted by Crippen LogP contribution is -2.59. The van der Waals surface area contributed by atoms with Crippen LogP contribution < -0.4 is 16.4 Å². The van der Waals surface area contributed by atoms with Gasteiger partial charge >= 0.3 is 0 Å². The highest BCUT2D eigenvalue weighted by atomic mass is 15.0. The van der Waals surface area contributed by atoms with Gasteiger partial charge in [-0.15, -0.1) is 0 Å². The molecule has 3 aliphatic rings. The van der Waals surface area contributed by atoms with Crippen LogP contribution in [0.15, 0.2) is 109 Å². The molecule has 0 fully saturated rings. The Bertz CT molecular complexity index is 3150. The van der Waals surface area contributed by atoms with Crippen LogP contribution in [0, 0.1) is 6.92 Å². The lowest BCUT2D eigenvalue weighted by molar-refractivity contribution is 0.590. The van der Waals surface area contributed by atoms with Gasteiger partial charge in [0.2, 0.25) is 0 Å². The van der Waals surface area contributed by atoms with Gasteiger partial charge in [0.25, 0.3) is 6.71 Å². The van der Waals surface area contributed by atoms with Crippen LogP contribution >= 0.6 is 0 Å². The van der Waals surface area contributed by atoms with Gasteiger partial charge in [0.1, 0.15) is 0 Å². The average Bonchev–Trinajstić information content (AvgIpc) is 3.60. The molecule has 2 aliphatic heterocycles. The fourth-order valence-corrected chi connectivity index (χ4v) is 10.4. The second-order valence-corrected chi connectivity index (χ2v) is 17.9. The summed E-state index contributed by atoms with van der Waals surface area (Å²) in [6.45, 7) is 16.5. The zero-order valence-electron chi connectivity index (χ0n) is 30.9. The molecule has 0 bridgehead atoms. The van der Waals surface area contributed by atoms with E-state index in [-0.39, 0.29) is 17.5 Å². The summed E-state index contributed by atoms with van der Waals surface area (Å²) in [4.78, 5) is 0. The Hall–Kier alpha value is -5.54. The molecule has 0 atom stereocenters. The second-order valence-electron chi connectivity index (χ2n) is 17.9. The number of hydrogen-bond donors (Lipinski definition) is 0. The Labute approximate surface area is 304 Å². The third kappa shape index (κ3) is 3.35. The van der Waals surface area contributed by atoms with Crippen LogP contribution in [-0.4, -0.2) is 15.8 Å². The summed E-state index contributed by atoms with van der Waals surface area (Å²) >= 11 is 0. The van der Waals surface area contributed by atoms with Gasteiger partial charge < -0.3 is 9.13 Å². The number of benzene rings is 7. The fourth-order valence-electron chi connectivity index (χ4n) is 10.4. The Kier molecular flexibility index (Phi) is 5.08. The van der Waals surface area contributed by atoms with E-state index in [1.54, 1.807) is 0 Å². The van der Waals surface area contributed by atoms with E-state index in [0.29, 0.717) is 0 Å². The van der Waals surface area contributed by atoms with Crippen molar-refractivity contribution in [1.29, 1.82) is 0 Å². The van der Waals surface area contributed by atoms with Gasteiger partial charge in [-0.05, 0) is 120 Å². The van der Waals surface area contributed by atoms with Gasteiger partial charge in [-0.3, -0.25) is 0 Å². The molecule has 3 heteroatoms. The number of nitrogens with zero attached hydrogens (tertiary/aromatic N) is 2. The van der Waals surface area contributed by atoms with Crippen LogP contribution in [0.1, 0.15) is 58.2 Å². The van der Waals surface area contributed by atoms with Gasteiger partial charge in [-0.1, -0.05) is 114 Å². The van der Waals surface area contributed by atoms with Crippen LogP contribution in [0.2, 0.25) is 0 Å². The Morgan fingerprint density at radius 3 is 1.81 bits per heavy atom. The molecular formula is C49H39BN2. The van der Waals surface area contributed by atoms with Crippen molar-refractivity contribution in [2.24, 2.45) is 0 Å². The first-order chi connectivity index (χ1) is 25.0. The minimum Gasteiger partial charge on any atom is -0.310 e. The smallest absolute Gasteiger partial charge is 0.252 e. The summed E-state index contributed by atoms with van der Waals surface area (Å²) < 4.78 is 5.27. The van der Waals surface area contributed by atoms with E-state index >= 15 is 0 Å². The van der Waals surface area contributed by atoms with Crippen LogP contribution in [0.4, 0.5) is 0 Å². The zero-order valence-corrected chi connectivity index (χ0v) is 30.9. The number of fused-ring (bicyclic) bond motifs is 11. The van der Waals surface area contributed by atoms with E-state index in [1.165, 1.54) is 121 Å². The van der Waals surface area contributed by atoms with Gasteiger partial charge in [0.05, 0.1) is 16.6 Å². The highest BCUT2D eigenvalue weighted by molar-refractivity contribution is 7.00. The first-order valence-corrected chi connectivity index (χ1v) is 18.9. The lowest BCUT2D eigenvalue weighted by atomic mass is 9.34. The van der Waals surface area contributed by atoms with Crippen LogP contribution in [0.3, 0.4) is 0 Å². The fraction of sp³-hybridized carbons (Fsp3) is 0.184. The summed E-state index contributed by atoms with van der Waals surface area (Å²) in [6, 6.07) is 42.8. The minimum absolute atomic E-state index is 0.00621. The van der Waals surface area contributed by atoms with Crippen LogP contribution in [-0.2, 0) is 10.8 Å². The molecular weight excluding hydrogens is 627 g/mol. The van der Waals surface area contributed by atoms with Crippen LogP contribution in [0.5, 0.6) is 0 Å². The van der Waals surface area contributed by atoms with Gasteiger partial charge in [0, 0.05) is 38.4 Å². The molecule has 0 amide bonds. The van der Waals surface area contributed by atoms with Crippen molar-refractivity contribution in [1.82, 2.24) is 9.13 Å². The summed E-state index contributed by atoms with van der Waals surface area (Å²) in [5, 5.41) is 8.22. The van der Waals surface area contributed by atoms with E-state index in [0.717, 1.165) is 0 Å². The molecule has 12 rings (SSSR count). The molecule has 0 saturated carbocycles. The summed E-state index contributed by atoms with van der Waals surface area (Å²) in [7, 11) is 0. The third-order valence-electron chi connectivity index (χ3n) is 12.7. The molecule has 2 aromatic heterocycles. The normalized spacial score (nSPS) is 14.0. The Balaban J connectivity index is 1.34. The minimum atomic E-state index is -0.00621. The highest BCUT2D eigenvalue weighted by Crippen LogP contribution is 2.50. The van der Waals surface area contributed by atoms with Crippen LogP contribution in [0.25, 0.3) is 88.0 Å². The summed E-state index contributed by atoms with van der Waals surface area (Å²) in [6.07, 6.45) is 0. The van der Waals surface area contributed by atoms with Gasteiger partial charge in [-0.25, -0.2) is 0 Å². The van der Waals surface area contributed by atoms with E-state index in [2.05, 4.69) is 167 Å². The third-order valence-corrected chi connectivity index (χ3v) is 12.7. The predicted molar refractivity (Wildman–Crippen MR) is 224 cm³/mol. The largest absolute Gasteiger partial charge is 0.310 e. The SMILES string of the molecule is Cc1cc2c3c(c1)-n1c4cccc5c4c4c6c(cccc6cc(c41)B3c1cc(C(C)(C)C)cc3c4cc(C(C)(C)C)ccc4n-2c13)-c1ccccc1-5. The van der Waals surface area contributed by atoms with Crippen molar-refractivity contribution in [3.63, 3.8) is 0 Å². The topological polar surface area (TPSA) is 9.86 Å². The monoisotopic (exact) mass is 666 g/mol. The van der Waals surface area contributed by atoms with Gasteiger partial charge in [-0.2, -0.15) is 0 Å². The predicted octanol–water partition coefficient (Wildman–Crippen LogP) is 10.7. The number of aromatic nitrogens is 2. The maximum Gasteiger partial charge on any atom is 0.252 e. The summed E-state index contributed by atoms with van der Waals surface area (Å²) in [5.41, 5.74) is 21.7. The molecule has 52 heavy (non-hydrogen) atoms. The van der Waals surface area contributed by atoms with E-state index in [1.807, 2.05) is 0 Å². The molecule has 248 valence electrons. The van der Waals surface area contributed by atoms with Gasteiger partial charge in [0.15, 0.2) is 0 Å². The average molecular weight is 667 g/mol. The van der Waals surface area contributed by atoms with E-state index in [4.69, 9.17) is 0 Å². The molecule has 0 radical (unpaired) electrons. The molecule has 9 aromatic rings. The van der Waals surface area contributed by atoms with E-state index < -0.39 is 0 Å². The lowest BCUT2D eigenvalue weighted by Gasteiger charge is -2.35. The summed E-state index contributed by atoms with van der Waals surface area (Å²) in [5.74, 6) is 0. The molecule has 0 N–H and O–H groups in total. The van der Waals surface area contributed by atoms with Crippen molar-refractivity contribution < 1.29 is 0 Å². The standard InChI is InChI=1S/C49H39BN2/c1-26-20-40-45-41(21-26)52-39-17-11-16-33-31-14-9-8-13-30(31)32-15-10-12-27-22-36(47(52)44(42(27)32)43(33)39)50(45)37-25-29(49(5,6)7)24-35-34-23-28(48(2,3)4)18-19-38(34)51(40)46(35)37/h8-25H,1-7H3. The van der Waals surface area contributed by atoms with Crippen molar-refractivity contribution in [2.75, 3.05) is 0 Å². The van der Waals surface area contributed by atoms with Crippen molar-refractivity contribution in [2.45, 2.75) is 59.3 Å². The number of hydrogen-bond acceptors (Lipinski definition) is 0. The zero-order chi connectivity index (χ0) is 35.2. The quantitative estimate of drug-likeness (QED) is 0.143. The van der Waals surface area contributed by atoms with Crippen molar-refractivity contribution in [3.8, 4) is 33.6 Å². The molecule has 4 heterocycles. The molecule has 0 saturated heterocycles. The molecule has 2 nitrogen and oxygen atoms in total.